The second-order valence-electron chi connectivity index (χ2n) is 6.87. The molecule has 0 fully saturated rings. The fourth-order valence-electron chi connectivity index (χ4n) is 2.47. The maximum absolute atomic E-state index is 12.4. The van der Waals surface area contributed by atoms with Crippen LogP contribution in [0.1, 0.15) is 26.0 Å². The fourth-order valence-corrected chi connectivity index (χ4v) is 2.47. The summed E-state index contributed by atoms with van der Waals surface area (Å²) in [7, 11) is 1.38. The molecule has 0 aliphatic rings. The van der Waals surface area contributed by atoms with Crippen molar-refractivity contribution in [1.29, 1.82) is 0 Å². The number of aliphatic carboxylic acids is 2. The Hall–Kier alpha value is -4.23. The van der Waals surface area contributed by atoms with Crippen LogP contribution in [0.4, 0.5) is 5.82 Å². The lowest BCUT2D eigenvalue weighted by atomic mass is 10.2. The zero-order valence-electron chi connectivity index (χ0n) is 17.5. The Labute approximate surface area is 181 Å². The van der Waals surface area contributed by atoms with Crippen molar-refractivity contribution in [2.45, 2.75) is 32.9 Å². The molecule has 14 heteroatoms. The van der Waals surface area contributed by atoms with E-state index in [0.717, 1.165) is 0 Å². The van der Waals surface area contributed by atoms with Gasteiger partial charge in [-0.1, -0.05) is 19.0 Å². The summed E-state index contributed by atoms with van der Waals surface area (Å²) in [6, 6.07) is -1.61. The summed E-state index contributed by atoms with van der Waals surface area (Å²) < 4.78 is 1.29. The third-order valence-corrected chi connectivity index (χ3v) is 4.05. The van der Waals surface area contributed by atoms with Crippen molar-refractivity contribution in [2.75, 3.05) is 12.4 Å². The van der Waals surface area contributed by atoms with E-state index in [-0.39, 0.29) is 29.2 Å². The molecule has 2 heterocycles. The molecule has 2 amide bonds. The second-order valence-corrected chi connectivity index (χ2v) is 6.87. The number of aromatic amines is 1. The molecule has 2 aromatic rings. The molecule has 0 saturated heterocycles. The minimum atomic E-state index is -1.61. The summed E-state index contributed by atoms with van der Waals surface area (Å²) in [6.07, 6.45) is 3.32. The van der Waals surface area contributed by atoms with Crippen LogP contribution < -0.4 is 10.6 Å². The van der Waals surface area contributed by atoms with E-state index in [1.807, 2.05) is 0 Å². The molecule has 32 heavy (non-hydrogen) atoms. The highest BCUT2D eigenvalue weighted by molar-refractivity contribution is 5.95. The maximum Gasteiger partial charge on any atom is 0.326 e. The molecular formula is C18H23N7O7. The lowest BCUT2D eigenvalue weighted by Crippen LogP contribution is -2.43. The molecule has 5 N–H and O–H groups in total. The number of imidazole rings is 2. The first kappa shape index (κ1) is 24.0. The van der Waals surface area contributed by atoms with Crippen LogP contribution in [0.15, 0.2) is 17.7 Å². The van der Waals surface area contributed by atoms with Crippen molar-refractivity contribution in [1.82, 2.24) is 24.8 Å². The zero-order chi connectivity index (χ0) is 23.8. The number of rotatable bonds is 11. The van der Waals surface area contributed by atoms with Crippen molar-refractivity contribution in [3.63, 3.8) is 0 Å². The number of oxime groups is 1. The van der Waals surface area contributed by atoms with Gasteiger partial charge in [0, 0.05) is 5.92 Å². The van der Waals surface area contributed by atoms with Gasteiger partial charge in [-0.2, -0.15) is 0 Å². The van der Waals surface area contributed by atoms with Crippen LogP contribution in [-0.2, 0) is 30.6 Å². The number of carboxylic acid groups (broad SMARTS) is 2. The number of hydrogen-bond donors (Lipinski definition) is 5. The molecule has 2 aromatic heterocycles. The van der Waals surface area contributed by atoms with Gasteiger partial charge in [0.15, 0.2) is 5.82 Å². The Morgan fingerprint density at radius 3 is 2.59 bits per heavy atom. The monoisotopic (exact) mass is 449 g/mol. The van der Waals surface area contributed by atoms with Crippen LogP contribution in [-0.4, -0.2) is 72.9 Å². The number of hydrogen-bond acceptors (Lipinski definition) is 8. The maximum atomic E-state index is 12.4. The van der Waals surface area contributed by atoms with Crippen LogP contribution in [0, 0.1) is 5.92 Å². The number of anilines is 1. The van der Waals surface area contributed by atoms with Gasteiger partial charge < -0.3 is 35.2 Å². The number of carbonyl (C=O) groups is 4. The topological polar surface area (TPSA) is 201 Å². The molecule has 0 bridgehead atoms. The summed E-state index contributed by atoms with van der Waals surface area (Å²) >= 11 is 0. The van der Waals surface area contributed by atoms with Gasteiger partial charge in [-0.3, -0.25) is 14.4 Å². The van der Waals surface area contributed by atoms with E-state index in [2.05, 4.69) is 35.6 Å². The van der Waals surface area contributed by atoms with Gasteiger partial charge in [0.2, 0.25) is 11.8 Å². The summed E-state index contributed by atoms with van der Waals surface area (Å²) in [5.41, 5.74) is 0.720. The summed E-state index contributed by atoms with van der Waals surface area (Å²) in [4.78, 5) is 62.6. The van der Waals surface area contributed by atoms with E-state index in [1.54, 1.807) is 13.8 Å². The summed E-state index contributed by atoms with van der Waals surface area (Å²) in [5.74, 6) is -3.96. The number of nitrogens with one attached hydrogen (secondary N) is 3. The lowest BCUT2D eigenvalue weighted by molar-refractivity contribution is -0.147. The van der Waals surface area contributed by atoms with Crippen molar-refractivity contribution in [2.24, 2.45) is 11.1 Å². The van der Waals surface area contributed by atoms with E-state index >= 15 is 0 Å². The Morgan fingerprint density at radius 2 is 2.00 bits per heavy atom. The molecule has 0 saturated carbocycles. The fraction of sp³-hybridized carbons (Fsp3) is 0.389. The van der Waals surface area contributed by atoms with Crippen molar-refractivity contribution < 1.29 is 34.2 Å². The predicted molar refractivity (Wildman–Crippen MR) is 110 cm³/mol. The molecule has 14 nitrogen and oxygen atoms in total. The number of carboxylic acids is 2. The van der Waals surface area contributed by atoms with E-state index < -0.39 is 36.9 Å². The van der Waals surface area contributed by atoms with E-state index in [0.29, 0.717) is 5.69 Å². The predicted octanol–water partition coefficient (Wildman–Crippen LogP) is -0.108. The number of carbonyl (C=O) groups excluding carboxylic acids is 2. The molecular weight excluding hydrogens is 426 g/mol. The van der Waals surface area contributed by atoms with E-state index in [4.69, 9.17) is 10.2 Å². The third kappa shape index (κ3) is 6.38. The minimum Gasteiger partial charge on any atom is -0.481 e. The summed E-state index contributed by atoms with van der Waals surface area (Å²) in [6.45, 7) is 2.93. The smallest absolute Gasteiger partial charge is 0.326 e. The molecule has 0 aromatic carbocycles. The van der Waals surface area contributed by atoms with Crippen LogP contribution in [0.5, 0.6) is 0 Å². The molecule has 0 spiro atoms. The van der Waals surface area contributed by atoms with Crippen LogP contribution in [0.25, 0.3) is 11.5 Å². The van der Waals surface area contributed by atoms with E-state index in [1.165, 1.54) is 30.4 Å². The van der Waals surface area contributed by atoms with Gasteiger partial charge in [-0.05, 0) is 0 Å². The van der Waals surface area contributed by atoms with Gasteiger partial charge in [0.1, 0.15) is 31.2 Å². The highest BCUT2D eigenvalue weighted by atomic mass is 16.6. The number of H-pyrrole nitrogens is 1. The lowest BCUT2D eigenvalue weighted by Gasteiger charge is -2.15. The Kier molecular flexibility index (Phi) is 8.04. The van der Waals surface area contributed by atoms with Gasteiger partial charge in [0.05, 0.1) is 30.9 Å². The van der Waals surface area contributed by atoms with Gasteiger partial charge in [-0.25, -0.2) is 14.8 Å². The molecule has 1 atom stereocenters. The minimum absolute atomic E-state index is 0.147. The van der Waals surface area contributed by atoms with Crippen molar-refractivity contribution in [3.05, 3.63) is 18.2 Å². The second kappa shape index (κ2) is 10.7. The highest BCUT2D eigenvalue weighted by Crippen LogP contribution is 2.25. The molecule has 0 radical (unpaired) electrons. The molecule has 0 aliphatic heterocycles. The average molecular weight is 449 g/mol. The molecule has 172 valence electrons. The Bertz CT molecular complexity index is 1020. The number of aromatic nitrogens is 4. The normalized spacial score (nSPS) is 12.0. The Balaban J connectivity index is 2.32. The van der Waals surface area contributed by atoms with E-state index in [9.17, 15) is 19.2 Å². The average Bonchev–Trinajstić information content (AvgIpc) is 3.32. The first-order valence-electron chi connectivity index (χ1n) is 9.34. The standard InChI is InChI=1S/C18H23N7O7/c1-9(2)17(29)24-16-14(15-19-5-10(22-15)6-21-32-3)20-8-25(16)7-12(26)23-11(18(30)31)4-13(27)28/h5-6,8-9,11H,4,7H2,1-3H3,(H,19,22)(H,23,26)(H,24,29)(H,27,28)(H,30,31)/b21-6-/t11-/m0/s1. The summed E-state index contributed by atoms with van der Waals surface area (Å²) in [5, 5.41) is 26.3. The zero-order valence-corrected chi connectivity index (χ0v) is 17.5. The molecule has 0 unspecified atom stereocenters. The quantitative estimate of drug-likeness (QED) is 0.229. The van der Waals surface area contributed by atoms with Gasteiger partial charge >= 0.3 is 11.9 Å². The number of nitrogens with zero attached hydrogens (tertiary/aromatic N) is 4. The van der Waals surface area contributed by atoms with Crippen LogP contribution in [0.3, 0.4) is 0 Å². The molecule has 0 aliphatic carbocycles. The van der Waals surface area contributed by atoms with Crippen molar-refractivity contribution in [3.8, 4) is 11.5 Å². The largest absolute Gasteiger partial charge is 0.481 e. The third-order valence-electron chi connectivity index (χ3n) is 4.05. The van der Waals surface area contributed by atoms with Crippen LogP contribution in [0.2, 0.25) is 0 Å². The first-order valence-corrected chi connectivity index (χ1v) is 9.34. The number of amides is 2. The van der Waals surface area contributed by atoms with Gasteiger partial charge in [-0.15, -0.1) is 0 Å². The molecule has 2 rings (SSSR count). The van der Waals surface area contributed by atoms with Crippen molar-refractivity contribution >= 4 is 35.8 Å². The first-order chi connectivity index (χ1) is 15.1. The SMILES string of the molecule is CO/N=C\c1cnc(-c2ncn(CC(=O)N[C@@H](CC(=O)O)C(=O)O)c2NC(=O)C(C)C)[nH]1. The Morgan fingerprint density at radius 1 is 1.28 bits per heavy atom. The van der Waals surface area contributed by atoms with Gasteiger partial charge in [0.25, 0.3) is 0 Å². The van der Waals surface area contributed by atoms with Crippen LogP contribution >= 0.6 is 0 Å². The highest BCUT2D eigenvalue weighted by Gasteiger charge is 2.25.